The molecule has 33 heavy (non-hydrogen) atoms. The maximum Gasteiger partial charge on any atom is 0.324 e. The van der Waals surface area contributed by atoms with Gasteiger partial charge in [0, 0.05) is 31.0 Å². The van der Waals surface area contributed by atoms with Gasteiger partial charge in [0.05, 0.1) is 13.5 Å². The Morgan fingerprint density at radius 2 is 1.61 bits per heavy atom. The van der Waals surface area contributed by atoms with Crippen LogP contribution in [0.25, 0.3) is 0 Å². The highest BCUT2D eigenvalue weighted by atomic mass is 19.1. The molecule has 0 spiro atoms. The Bertz CT molecular complexity index is 1100. The molecule has 0 aliphatic carbocycles. The maximum atomic E-state index is 13.1. The normalized spacial score (nSPS) is 13.7. The molecular formula is C26H26FN3O3. The molecular weight excluding hydrogens is 421 g/mol. The van der Waals surface area contributed by atoms with E-state index < -0.39 is 0 Å². The number of amides is 3. The van der Waals surface area contributed by atoms with Gasteiger partial charge in [0.25, 0.3) is 0 Å². The molecule has 1 saturated heterocycles. The Kier molecular flexibility index (Phi) is 6.88. The fourth-order valence-corrected chi connectivity index (χ4v) is 3.84. The summed E-state index contributed by atoms with van der Waals surface area (Å²) >= 11 is 0. The largest absolute Gasteiger partial charge is 0.497 e. The number of nitrogens with one attached hydrogen (secondary N) is 1. The van der Waals surface area contributed by atoms with Gasteiger partial charge >= 0.3 is 6.03 Å². The van der Waals surface area contributed by atoms with Gasteiger partial charge in [-0.3, -0.25) is 9.69 Å². The van der Waals surface area contributed by atoms with Gasteiger partial charge in [-0.2, -0.15) is 0 Å². The molecule has 1 heterocycles. The van der Waals surface area contributed by atoms with Crippen LogP contribution in [0.15, 0.2) is 72.8 Å². The van der Waals surface area contributed by atoms with E-state index in [-0.39, 0.29) is 24.2 Å². The summed E-state index contributed by atoms with van der Waals surface area (Å²) in [6.07, 6.45) is 1.03. The third-order valence-electron chi connectivity index (χ3n) is 5.58. The molecule has 0 radical (unpaired) electrons. The first kappa shape index (κ1) is 22.3. The van der Waals surface area contributed by atoms with Gasteiger partial charge in [-0.15, -0.1) is 0 Å². The zero-order chi connectivity index (χ0) is 23.2. The summed E-state index contributed by atoms with van der Waals surface area (Å²) in [5.74, 6) is 0.272. The minimum Gasteiger partial charge on any atom is -0.497 e. The first-order valence-corrected chi connectivity index (χ1v) is 10.9. The lowest BCUT2D eigenvalue weighted by Gasteiger charge is -2.35. The SMILES string of the molecule is COc1ccc(CN2CCCN(c3ccc(NC(=O)Cc4ccc(F)cc4)cc3)C2=O)cc1. The summed E-state index contributed by atoms with van der Waals surface area (Å²) in [6.45, 7) is 1.89. The van der Waals surface area contributed by atoms with E-state index in [1.807, 2.05) is 41.3 Å². The monoisotopic (exact) mass is 447 g/mol. The van der Waals surface area contributed by atoms with E-state index in [1.54, 1.807) is 36.3 Å². The Balaban J connectivity index is 1.36. The summed E-state index contributed by atoms with van der Waals surface area (Å²) in [4.78, 5) is 29.0. The Morgan fingerprint density at radius 1 is 0.939 bits per heavy atom. The van der Waals surface area contributed by atoms with Crippen molar-refractivity contribution in [1.82, 2.24) is 4.90 Å². The van der Waals surface area contributed by atoms with Gasteiger partial charge in [0.15, 0.2) is 0 Å². The standard InChI is InChI=1S/C26H26FN3O3/c1-33-24-13-5-20(6-14-24)18-29-15-2-16-30(26(29)32)23-11-9-22(10-12-23)28-25(31)17-19-3-7-21(27)8-4-19/h3-14H,2,15-18H2,1H3,(H,28,31). The number of anilines is 2. The van der Waals surface area contributed by atoms with Crippen molar-refractivity contribution >= 4 is 23.3 Å². The van der Waals surface area contributed by atoms with E-state index in [0.29, 0.717) is 25.3 Å². The third-order valence-corrected chi connectivity index (χ3v) is 5.58. The number of urea groups is 1. The van der Waals surface area contributed by atoms with Crippen LogP contribution in [0.5, 0.6) is 5.75 Å². The summed E-state index contributed by atoms with van der Waals surface area (Å²) in [7, 11) is 1.63. The summed E-state index contributed by atoms with van der Waals surface area (Å²) in [5.41, 5.74) is 3.22. The second-order valence-corrected chi connectivity index (χ2v) is 7.96. The van der Waals surface area contributed by atoms with Crippen molar-refractivity contribution in [2.75, 3.05) is 30.4 Å². The van der Waals surface area contributed by atoms with Crippen LogP contribution >= 0.6 is 0 Å². The fraction of sp³-hybridized carbons (Fsp3) is 0.231. The fourth-order valence-electron chi connectivity index (χ4n) is 3.84. The number of nitrogens with zero attached hydrogens (tertiary/aromatic N) is 2. The van der Waals surface area contributed by atoms with E-state index in [4.69, 9.17) is 4.74 Å². The topological polar surface area (TPSA) is 61.9 Å². The van der Waals surface area contributed by atoms with Crippen LogP contribution in [-0.2, 0) is 17.8 Å². The zero-order valence-electron chi connectivity index (χ0n) is 18.5. The van der Waals surface area contributed by atoms with Gasteiger partial charge in [-0.1, -0.05) is 24.3 Å². The Hall–Kier alpha value is -3.87. The van der Waals surface area contributed by atoms with Crippen molar-refractivity contribution in [3.63, 3.8) is 0 Å². The number of hydrogen-bond acceptors (Lipinski definition) is 3. The number of hydrogen-bond donors (Lipinski definition) is 1. The smallest absolute Gasteiger partial charge is 0.324 e. The van der Waals surface area contributed by atoms with Crippen LogP contribution in [-0.4, -0.2) is 37.0 Å². The van der Waals surface area contributed by atoms with Crippen LogP contribution in [0.3, 0.4) is 0 Å². The lowest BCUT2D eigenvalue weighted by Crippen LogP contribution is -2.49. The molecule has 6 nitrogen and oxygen atoms in total. The molecule has 1 N–H and O–H groups in total. The first-order valence-electron chi connectivity index (χ1n) is 10.9. The van der Waals surface area contributed by atoms with Crippen LogP contribution < -0.4 is 15.0 Å². The van der Waals surface area contributed by atoms with Gasteiger partial charge in [0.1, 0.15) is 11.6 Å². The second-order valence-electron chi connectivity index (χ2n) is 7.96. The molecule has 7 heteroatoms. The van der Waals surface area contributed by atoms with E-state index in [1.165, 1.54) is 12.1 Å². The molecule has 1 aliphatic heterocycles. The van der Waals surface area contributed by atoms with Crippen LogP contribution in [0, 0.1) is 5.82 Å². The average molecular weight is 448 g/mol. The number of carbonyl (C=O) groups excluding carboxylic acids is 2. The van der Waals surface area contributed by atoms with Gasteiger partial charge < -0.3 is 15.0 Å². The lowest BCUT2D eigenvalue weighted by molar-refractivity contribution is -0.115. The van der Waals surface area contributed by atoms with Crippen LogP contribution in [0.2, 0.25) is 0 Å². The van der Waals surface area contributed by atoms with Gasteiger partial charge in [0.2, 0.25) is 5.91 Å². The average Bonchev–Trinajstić information content (AvgIpc) is 2.83. The third kappa shape index (κ3) is 5.68. The summed E-state index contributed by atoms with van der Waals surface area (Å²) < 4.78 is 18.2. The molecule has 3 aromatic rings. The molecule has 0 bridgehead atoms. The molecule has 0 unspecified atom stereocenters. The van der Waals surface area contributed by atoms with Crippen molar-refractivity contribution < 1.29 is 18.7 Å². The van der Waals surface area contributed by atoms with Crippen LogP contribution in [0.1, 0.15) is 17.5 Å². The molecule has 1 fully saturated rings. The molecule has 0 saturated carbocycles. The van der Waals surface area contributed by atoms with Gasteiger partial charge in [-0.05, 0) is 66.1 Å². The molecule has 170 valence electrons. The minimum absolute atomic E-state index is 0.0369. The van der Waals surface area contributed by atoms with Crippen molar-refractivity contribution in [2.45, 2.75) is 19.4 Å². The molecule has 4 rings (SSSR count). The minimum atomic E-state index is -0.329. The molecule has 0 aromatic heterocycles. The molecule has 1 aliphatic rings. The zero-order valence-corrected chi connectivity index (χ0v) is 18.5. The highest BCUT2D eigenvalue weighted by Crippen LogP contribution is 2.24. The highest BCUT2D eigenvalue weighted by molar-refractivity contribution is 5.94. The van der Waals surface area contributed by atoms with Crippen molar-refractivity contribution in [2.24, 2.45) is 0 Å². The molecule has 0 atom stereocenters. The van der Waals surface area contributed by atoms with E-state index >= 15 is 0 Å². The Labute approximate surface area is 192 Å². The molecule has 3 amide bonds. The predicted octanol–water partition coefficient (Wildman–Crippen LogP) is 4.85. The maximum absolute atomic E-state index is 13.1. The van der Waals surface area contributed by atoms with E-state index in [2.05, 4.69) is 5.32 Å². The van der Waals surface area contributed by atoms with Crippen molar-refractivity contribution in [1.29, 1.82) is 0 Å². The number of halogens is 1. The van der Waals surface area contributed by atoms with Crippen molar-refractivity contribution in [3.05, 3.63) is 89.7 Å². The summed E-state index contributed by atoms with van der Waals surface area (Å²) in [6, 6.07) is 20.8. The van der Waals surface area contributed by atoms with Crippen molar-refractivity contribution in [3.8, 4) is 5.75 Å². The Morgan fingerprint density at radius 3 is 2.27 bits per heavy atom. The van der Waals surface area contributed by atoms with E-state index in [9.17, 15) is 14.0 Å². The lowest BCUT2D eigenvalue weighted by atomic mass is 10.1. The number of ether oxygens (including phenoxy) is 1. The number of benzene rings is 3. The predicted molar refractivity (Wildman–Crippen MR) is 126 cm³/mol. The van der Waals surface area contributed by atoms with E-state index in [0.717, 1.165) is 29.0 Å². The van der Waals surface area contributed by atoms with Gasteiger partial charge in [-0.25, -0.2) is 9.18 Å². The number of rotatable bonds is 7. The highest BCUT2D eigenvalue weighted by Gasteiger charge is 2.26. The second kappa shape index (κ2) is 10.2. The molecule has 3 aromatic carbocycles. The number of carbonyl (C=O) groups is 2. The van der Waals surface area contributed by atoms with Crippen LogP contribution in [0.4, 0.5) is 20.6 Å². The summed E-state index contributed by atoms with van der Waals surface area (Å²) in [5, 5.41) is 2.84. The quantitative estimate of drug-likeness (QED) is 0.563. The number of methoxy groups -OCH3 is 1. The first-order chi connectivity index (χ1) is 16.0.